The monoisotopic (exact) mass is 263 g/mol. The summed E-state index contributed by atoms with van der Waals surface area (Å²) in [5.41, 5.74) is -1.22. The maximum atomic E-state index is 12.1. The smallest absolute Gasteiger partial charge is 0.471 e. The van der Waals surface area contributed by atoms with Gasteiger partial charge in [-0.1, -0.05) is 0 Å². The molecule has 0 unspecified atom stereocenters. The lowest BCUT2D eigenvalue weighted by Crippen LogP contribution is -2.43. The van der Waals surface area contributed by atoms with Crippen LogP contribution in [0, 0.1) is 0 Å². The number of alkyl halides is 3. The highest BCUT2D eigenvalue weighted by molar-refractivity contribution is 5.85. The van der Waals surface area contributed by atoms with E-state index >= 15 is 0 Å². The Morgan fingerprint density at radius 1 is 1.33 bits per heavy atom. The highest BCUT2D eigenvalue weighted by Gasteiger charge is 2.53. The number of hydrogen-bond donors (Lipinski definition) is 2. The number of halogens is 3. The van der Waals surface area contributed by atoms with E-state index in [0.29, 0.717) is 0 Å². The van der Waals surface area contributed by atoms with Gasteiger partial charge >= 0.3 is 18.1 Å². The van der Waals surface area contributed by atoms with Gasteiger partial charge in [-0.2, -0.15) is 13.2 Å². The third kappa shape index (κ3) is 2.18. The minimum absolute atomic E-state index is 0.0255. The molecular formula is C10H8F3NO4. The summed E-state index contributed by atoms with van der Waals surface area (Å²) in [5, 5.41) is 10.5. The van der Waals surface area contributed by atoms with Crippen LogP contribution in [0.2, 0.25) is 0 Å². The van der Waals surface area contributed by atoms with Crippen LogP contribution in [-0.2, 0) is 10.3 Å². The molecule has 1 aromatic heterocycles. The van der Waals surface area contributed by atoms with Crippen molar-refractivity contribution in [2.45, 2.75) is 24.6 Å². The molecule has 98 valence electrons. The molecule has 0 aromatic carbocycles. The first-order chi connectivity index (χ1) is 8.24. The Morgan fingerprint density at radius 2 is 1.94 bits per heavy atom. The molecule has 2 N–H and O–H groups in total. The second kappa shape index (κ2) is 3.76. The Labute approximate surface area is 98.6 Å². The van der Waals surface area contributed by atoms with Crippen molar-refractivity contribution in [1.82, 2.24) is 5.32 Å². The fraction of sp³-hybridized carbons (Fsp3) is 0.400. The molecule has 1 heterocycles. The molecule has 1 fully saturated rings. The van der Waals surface area contributed by atoms with Crippen molar-refractivity contribution >= 4 is 11.9 Å². The molecule has 8 heteroatoms. The second-order valence-electron chi connectivity index (χ2n) is 4.00. The zero-order valence-corrected chi connectivity index (χ0v) is 8.87. The molecule has 2 rings (SSSR count). The molecule has 1 amide bonds. The van der Waals surface area contributed by atoms with Crippen LogP contribution < -0.4 is 5.32 Å². The SMILES string of the molecule is O=C(O)c1ccc(C2(NC(=O)C(F)(F)F)CC2)o1. The molecule has 0 spiro atoms. The number of furan rings is 1. The first-order valence-electron chi connectivity index (χ1n) is 4.97. The summed E-state index contributed by atoms with van der Waals surface area (Å²) >= 11 is 0. The van der Waals surface area contributed by atoms with E-state index in [9.17, 15) is 22.8 Å². The van der Waals surface area contributed by atoms with Gasteiger partial charge in [0.05, 0.1) is 5.54 Å². The Hall–Kier alpha value is -1.99. The van der Waals surface area contributed by atoms with E-state index in [4.69, 9.17) is 9.52 Å². The van der Waals surface area contributed by atoms with Gasteiger partial charge in [0.25, 0.3) is 0 Å². The number of aromatic carboxylic acids is 1. The van der Waals surface area contributed by atoms with E-state index in [2.05, 4.69) is 0 Å². The van der Waals surface area contributed by atoms with E-state index in [1.54, 1.807) is 0 Å². The second-order valence-corrected chi connectivity index (χ2v) is 4.00. The van der Waals surface area contributed by atoms with Gasteiger partial charge in [-0.15, -0.1) is 0 Å². The van der Waals surface area contributed by atoms with Crippen LogP contribution in [0.25, 0.3) is 0 Å². The third-order valence-corrected chi connectivity index (χ3v) is 2.65. The normalized spacial score (nSPS) is 17.3. The van der Waals surface area contributed by atoms with Crippen LogP contribution in [0.1, 0.15) is 29.2 Å². The summed E-state index contributed by atoms with van der Waals surface area (Å²) in [7, 11) is 0. The topological polar surface area (TPSA) is 79.5 Å². The summed E-state index contributed by atoms with van der Waals surface area (Å²) in [6.07, 6.45) is -4.42. The number of carboxylic acids is 1. The lowest BCUT2D eigenvalue weighted by atomic mass is 10.2. The molecule has 1 aromatic rings. The van der Waals surface area contributed by atoms with Crippen LogP contribution in [0.15, 0.2) is 16.5 Å². The molecule has 1 saturated carbocycles. The third-order valence-electron chi connectivity index (χ3n) is 2.65. The van der Waals surface area contributed by atoms with E-state index in [-0.39, 0.29) is 24.4 Å². The Morgan fingerprint density at radius 3 is 2.33 bits per heavy atom. The minimum atomic E-state index is -4.97. The van der Waals surface area contributed by atoms with Gasteiger partial charge in [-0.3, -0.25) is 4.79 Å². The predicted molar refractivity (Wildman–Crippen MR) is 50.8 cm³/mol. The maximum absolute atomic E-state index is 12.1. The molecule has 18 heavy (non-hydrogen) atoms. The molecule has 0 bridgehead atoms. The van der Waals surface area contributed by atoms with E-state index in [0.717, 1.165) is 6.07 Å². The van der Waals surface area contributed by atoms with Gasteiger partial charge in [0.15, 0.2) is 0 Å². The summed E-state index contributed by atoms with van der Waals surface area (Å²) in [6.45, 7) is 0. The van der Waals surface area contributed by atoms with Crippen molar-refractivity contribution in [3.05, 3.63) is 23.7 Å². The van der Waals surface area contributed by atoms with E-state index in [1.807, 2.05) is 5.32 Å². The van der Waals surface area contributed by atoms with E-state index in [1.165, 1.54) is 6.07 Å². The number of hydrogen-bond acceptors (Lipinski definition) is 3. The van der Waals surface area contributed by atoms with Gasteiger partial charge in [0.1, 0.15) is 5.76 Å². The summed E-state index contributed by atoms with van der Waals surface area (Å²) in [5.74, 6) is -3.73. The average molecular weight is 263 g/mol. The van der Waals surface area contributed by atoms with Crippen molar-refractivity contribution in [2.75, 3.05) is 0 Å². The number of nitrogens with one attached hydrogen (secondary N) is 1. The van der Waals surface area contributed by atoms with Gasteiger partial charge in [-0.05, 0) is 25.0 Å². The van der Waals surface area contributed by atoms with Crippen molar-refractivity contribution in [1.29, 1.82) is 0 Å². The average Bonchev–Trinajstić information content (AvgIpc) is 2.85. The quantitative estimate of drug-likeness (QED) is 0.868. The fourth-order valence-corrected chi connectivity index (χ4v) is 1.56. The van der Waals surface area contributed by atoms with Gasteiger partial charge in [0, 0.05) is 0 Å². The maximum Gasteiger partial charge on any atom is 0.471 e. The van der Waals surface area contributed by atoms with Crippen molar-refractivity contribution in [3.63, 3.8) is 0 Å². The molecule has 0 radical (unpaired) electrons. The fourth-order valence-electron chi connectivity index (χ4n) is 1.56. The van der Waals surface area contributed by atoms with Gasteiger partial charge in [-0.25, -0.2) is 4.79 Å². The van der Waals surface area contributed by atoms with Gasteiger partial charge < -0.3 is 14.8 Å². The molecule has 1 aliphatic rings. The molecule has 0 aliphatic heterocycles. The highest BCUT2D eigenvalue weighted by Crippen LogP contribution is 2.46. The minimum Gasteiger partial charge on any atom is -0.475 e. The Kier molecular flexibility index (Phi) is 2.60. The van der Waals surface area contributed by atoms with Crippen molar-refractivity contribution in [2.24, 2.45) is 0 Å². The lowest BCUT2D eigenvalue weighted by Gasteiger charge is -2.16. The largest absolute Gasteiger partial charge is 0.475 e. The Balaban J connectivity index is 2.17. The van der Waals surface area contributed by atoms with Crippen LogP contribution in [-0.4, -0.2) is 23.2 Å². The van der Waals surface area contributed by atoms with Crippen LogP contribution in [0.3, 0.4) is 0 Å². The number of carbonyl (C=O) groups excluding carboxylic acids is 1. The lowest BCUT2D eigenvalue weighted by molar-refractivity contribution is -0.174. The molecule has 0 saturated heterocycles. The van der Waals surface area contributed by atoms with Crippen LogP contribution >= 0.6 is 0 Å². The predicted octanol–water partition coefficient (Wildman–Crippen LogP) is 1.65. The zero-order chi connectivity index (χ0) is 13.6. The first kappa shape index (κ1) is 12.5. The zero-order valence-electron chi connectivity index (χ0n) is 8.87. The molecule has 0 atom stereocenters. The summed E-state index contributed by atoms with van der Waals surface area (Å²) < 4.78 is 41.3. The van der Waals surface area contributed by atoms with Crippen LogP contribution in [0.5, 0.6) is 0 Å². The number of carbonyl (C=O) groups is 2. The van der Waals surface area contributed by atoms with Crippen molar-refractivity contribution in [3.8, 4) is 0 Å². The molecular weight excluding hydrogens is 255 g/mol. The summed E-state index contributed by atoms with van der Waals surface area (Å²) in [4.78, 5) is 21.4. The van der Waals surface area contributed by atoms with E-state index < -0.39 is 23.6 Å². The first-order valence-corrected chi connectivity index (χ1v) is 4.97. The van der Waals surface area contributed by atoms with Gasteiger partial charge in [0.2, 0.25) is 5.76 Å². The number of rotatable bonds is 3. The van der Waals surface area contributed by atoms with Crippen LogP contribution in [0.4, 0.5) is 13.2 Å². The molecule has 1 aliphatic carbocycles. The van der Waals surface area contributed by atoms with Crippen molar-refractivity contribution < 1.29 is 32.3 Å². The standard InChI is InChI=1S/C10H8F3NO4/c11-10(12,13)8(17)14-9(3-4-9)6-2-1-5(18-6)7(15)16/h1-2H,3-4H2,(H,14,17)(H,15,16). The number of carboxylic acid groups (broad SMARTS) is 1. The summed E-state index contributed by atoms with van der Waals surface area (Å²) in [6, 6.07) is 2.39. The Bertz CT molecular complexity index is 501. The number of amides is 1. The molecule has 5 nitrogen and oxygen atoms in total. The highest BCUT2D eigenvalue weighted by atomic mass is 19.4.